The van der Waals surface area contributed by atoms with Gasteiger partial charge in [0.05, 0.1) is 6.61 Å². The lowest BCUT2D eigenvalue weighted by Gasteiger charge is -2.15. The van der Waals surface area contributed by atoms with Crippen LogP contribution in [0, 0.1) is 0 Å². The average Bonchev–Trinajstić information content (AvgIpc) is 2.27. The maximum Gasteiger partial charge on any atom is 0.260 e. The molecule has 1 aromatic rings. The van der Waals surface area contributed by atoms with Crippen molar-refractivity contribution >= 4 is 29.1 Å². The maximum absolute atomic E-state index is 11.6. The van der Waals surface area contributed by atoms with Crippen LogP contribution in [0.3, 0.4) is 0 Å². The minimum absolute atomic E-state index is 0.219. The van der Waals surface area contributed by atoms with E-state index in [9.17, 15) is 4.79 Å². The number of nitrogens with one attached hydrogen (secondary N) is 1. The highest BCUT2D eigenvalue weighted by molar-refractivity contribution is 6.34. The van der Waals surface area contributed by atoms with Gasteiger partial charge in [0.2, 0.25) is 0 Å². The SMILES string of the molecule is COCCNC(=O)C(C)Oc1cc(Cl)cc(Cl)c1. The van der Waals surface area contributed by atoms with Gasteiger partial charge in [0.1, 0.15) is 5.75 Å². The zero-order valence-corrected chi connectivity index (χ0v) is 11.7. The Labute approximate surface area is 116 Å². The summed E-state index contributed by atoms with van der Waals surface area (Å²) in [7, 11) is 1.57. The third kappa shape index (κ3) is 5.12. The van der Waals surface area contributed by atoms with E-state index in [0.29, 0.717) is 28.9 Å². The van der Waals surface area contributed by atoms with Crippen LogP contribution in [0.2, 0.25) is 10.0 Å². The molecular formula is C12H15Cl2NO3. The number of methoxy groups -OCH3 is 1. The van der Waals surface area contributed by atoms with Crippen molar-refractivity contribution in [2.24, 2.45) is 0 Å². The molecule has 0 saturated heterocycles. The predicted octanol–water partition coefficient (Wildman–Crippen LogP) is 2.52. The first-order valence-electron chi connectivity index (χ1n) is 5.42. The van der Waals surface area contributed by atoms with E-state index in [0.717, 1.165) is 0 Å². The summed E-state index contributed by atoms with van der Waals surface area (Å²) in [6, 6.07) is 4.80. The molecule has 0 radical (unpaired) electrons. The zero-order valence-electron chi connectivity index (χ0n) is 10.2. The lowest BCUT2D eigenvalue weighted by molar-refractivity contribution is -0.127. The summed E-state index contributed by atoms with van der Waals surface area (Å²) >= 11 is 11.7. The topological polar surface area (TPSA) is 47.6 Å². The van der Waals surface area contributed by atoms with Crippen LogP contribution in [-0.4, -0.2) is 32.3 Å². The number of hydrogen-bond donors (Lipinski definition) is 1. The fourth-order valence-corrected chi connectivity index (χ4v) is 1.78. The van der Waals surface area contributed by atoms with Crippen LogP contribution in [0.1, 0.15) is 6.92 Å². The van der Waals surface area contributed by atoms with E-state index in [1.165, 1.54) is 0 Å². The highest BCUT2D eigenvalue weighted by atomic mass is 35.5. The highest BCUT2D eigenvalue weighted by Gasteiger charge is 2.14. The van der Waals surface area contributed by atoms with Gasteiger partial charge in [-0.1, -0.05) is 23.2 Å². The Balaban J connectivity index is 2.52. The number of halogens is 2. The Bertz CT molecular complexity index is 392. The van der Waals surface area contributed by atoms with E-state index in [-0.39, 0.29) is 5.91 Å². The number of ether oxygens (including phenoxy) is 2. The van der Waals surface area contributed by atoms with Crippen LogP contribution in [0.5, 0.6) is 5.75 Å². The molecule has 0 spiro atoms. The number of amides is 1. The molecule has 0 aliphatic heterocycles. The lowest BCUT2D eigenvalue weighted by atomic mass is 10.3. The van der Waals surface area contributed by atoms with Gasteiger partial charge in [-0.25, -0.2) is 0 Å². The van der Waals surface area contributed by atoms with Crippen molar-refractivity contribution in [3.05, 3.63) is 28.2 Å². The van der Waals surface area contributed by atoms with E-state index in [1.54, 1.807) is 32.2 Å². The first-order chi connectivity index (χ1) is 8.52. The first-order valence-corrected chi connectivity index (χ1v) is 6.18. The molecule has 0 fully saturated rings. The molecule has 4 nitrogen and oxygen atoms in total. The molecule has 1 amide bonds. The molecule has 0 bridgehead atoms. The van der Waals surface area contributed by atoms with Crippen LogP contribution >= 0.6 is 23.2 Å². The molecule has 0 aliphatic carbocycles. The number of benzene rings is 1. The fraction of sp³-hybridized carbons (Fsp3) is 0.417. The van der Waals surface area contributed by atoms with Crippen LogP contribution in [-0.2, 0) is 9.53 Å². The maximum atomic E-state index is 11.6. The van der Waals surface area contributed by atoms with Gasteiger partial charge in [-0.05, 0) is 25.1 Å². The summed E-state index contributed by atoms with van der Waals surface area (Å²) in [5, 5.41) is 3.60. The van der Waals surface area contributed by atoms with Gasteiger partial charge in [-0.2, -0.15) is 0 Å². The molecular weight excluding hydrogens is 277 g/mol. The number of hydrogen-bond acceptors (Lipinski definition) is 3. The quantitative estimate of drug-likeness (QED) is 0.820. The summed E-state index contributed by atoms with van der Waals surface area (Å²) in [5.41, 5.74) is 0. The molecule has 0 aromatic heterocycles. The molecule has 0 heterocycles. The largest absolute Gasteiger partial charge is 0.481 e. The Morgan fingerprint density at radius 3 is 2.50 bits per heavy atom. The Morgan fingerprint density at radius 2 is 1.94 bits per heavy atom. The van der Waals surface area contributed by atoms with Crippen molar-refractivity contribution in [1.29, 1.82) is 0 Å². The Morgan fingerprint density at radius 1 is 1.33 bits per heavy atom. The van der Waals surface area contributed by atoms with E-state index >= 15 is 0 Å². The van der Waals surface area contributed by atoms with E-state index in [1.807, 2.05) is 0 Å². The smallest absolute Gasteiger partial charge is 0.260 e. The van der Waals surface area contributed by atoms with Crippen molar-refractivity contribution in [3.8, 4) is 5.75 Å². The summed E-state index contributed by atoms with van der Waals surface area (Å²) < 4.78 is 10.3. The lowest BCUT2D eigenvalue weighted by Crippen LogP contribution is -2.37. The summed E-state index contributed by atoms with van der Waals surface area (Å²) in [5.74, 6) is 0.241. The second kappa shape index (κ2) is 7.46. The van der Waals surface area contributed by atoms with Crippen molar-refractivity contribution in [2.75, 3.05) is 20.3 Å². The van der Waals surface area contributed by atoms with Crippen molar-refractivity contribution in [3.63, 3.8) is 0 Å². The van der Waals surface area contributed by atoms with Gasteiger partial charge in [-0.15, -0.1) is 0 Å². The molecule has 1 N–H and O–H groups in total. The van der Waals surface area contributed by atoms with Crippen LogP contribution in [0.15, 0.2) is 18.2 Å². The van der Waals surface area contributed by atoms with E-state index in [4.69, 9.17) is 32.7 Å². The van der Waals surface area contributed by atoms with Crippen LogP contribution < -0.4 is 10.1 Å². The van der Waals surface area contributed by atoms with E-state index < -0.39 is 6.10 Å². The van der Waals surface area contributed by atoms with Gasteiger partial charge in [0.15, 0.2) is 6.10 Å². The Kier molecular flexibility index (Phi) is 6.25. The molecule has 1 aromatic carbocycles. The van der Waals surface area contributed by atoms with Crippen molar-refractivity contribution in [2.45, 2.75) is 13.0 Å². The van der Waals surface area contributed by atoms with Crippen molar-refractivity contribution < 1.29 is 14.3 Å². The standard InChI is InChI=1S/C12H15Cl2NO3/c1-8(12(16)15-3-4-17-2)18-11-6-9(13)5-10(14)7-11/h5-8H,3-4H2,1-2H3,(H,15,16). The molecule has 100 valence electrons. The number of carbonyl (C=O) groups is 1. The summed E-state index contributed by atoms with van der Waals surface area (Å²) in [4.78, 5) is 11.6. The minimum atomic E-state index is -0.628. The Hall–Kier alpha value is -0.970. The molecule has 1 rings (SSSR count). The number of carbonyl (C=O) groups excluding carboxylic acids is 1. The normalized spacial score (nSPS) is 12.0. The average molecular weight is 292 g/mol. The van der Waals surface area contributed by atoms with Gasteiger partial charge in [0, 0.05) is 23.7 Å². The van der Waals surface area contributed by atoms with Crippen molar-refractivity contribution in [1.82, 2.24) is 5.32 Å². The molecule has 6 heteroatoms. The third-order valence-corrected chi connectivity index (χ3v) is 2.56. The first kappa shape index (κ1) is 15.1. The van der Waals surface area contributed by atoms with E-state index in [2.05, 4.69) is 5.32 Å². The minimum Gasteiger partial charge on any atom is -0.481 e. The van der Waals surface area contributed by atoms with Crippen LogP contribution in [0.4, 0.5) is 0 Å². The van der Waals surface area contributed by atoms with Gasteiger partial charge in [0.25, 0.3) is 5.91 Å². The number of rotatable bonds is 6. The molecule has 1 atom stereocenters. The highest BCUT2D eigenvalue weighted by Crippen LogP contribution is 2.24. The zero-order chi connectivity index (χ0) is 13.5. The van der Waals surface area contributed by atoms with Gasteiger partial charge >= 0.3 is 0 Å². The second-order valence-corrected chi connectivity index (χ2v) is 4.52. The van der Waals surface area contributed by atoms with Gasteiger partial charge in [-0.3, -0.25) is 4.79 Å². The summed E-state index contributed by atoms with van der Waals surface area (Å²) in [6.45, 7) is 2.55. The molecule has 0 saturated carbocycles. The monoisotopic (exact) mass is 291 g/mol. The van der Waals surface area contributed by atoms with Crippen LogP contribution in [0.25, 0.3) is 0 Å². The predicted molar refractivity (Wildman–Crippen MR) is 71.4 cm³/mol. The molecule has 0 aliphatic rings. The fourth-order valence-electron chi connectivity index (χ4n) is 1.27. The van der Waals surface area contributed by atoms with Gasteiger partial charge < -0.3 is 14.8 Å². The molecule has 18 heavy (non-hydrogen) atoms. The summed E-state index contributed by atoms with van der Waals surface area (Å²) in [6.07, 6.45) is -0.628. The molecule has 1 unspecified atom stereocenters. The second-order valence-electron chi connectivity index (χ2n) is 3.65. The third-order valence-electron chi connectivity index (χ3n) is 2.12.